The van der Waals surface area contributed by atoms with Gasteiger partial charge in [-0.1, -0.05) is 23.7 Å². The number of carbonyl (C=O) groups excluding carboxylic acids is 1. The van der Waals surface area contributed by atoms with Gasteiger partial charge in [0.05, 0.1) is 0 Å². The van der Waals surface area contributed by atoms with Gasteiger partial charge in [0, 0.05) is 11.4 Å². The fourth-order valence-corrected chi connectivity index (χ4v) is 1.50. The molecule has 0 aliphatic heterocycles. The molecule has 5 heteroatoms. The van der Waals surface area contributed by atoms with E-state index in [-0.39, 0.29) is 12.3 Å². The van der Waals surface area contributed by atoms with Gasteiger partial charge in [0.15, 0.2) is 0 Å². The van der Waals surface area contributed by atoms with Gasteiger partial charge >= 0.3 is 5.97 Å². The van der Waals surface area contributed by atoms with E-state index in [4.69, 9.17) is 16.7 Å². The first kappa shape index (κ1) is 14.5. The van der Waals surface area contributed by atoms with Gasteiger partial charge in [-0.3, -0.25) is 4.79 Å². The van der Waals surface area contributed by atoms with Crippen molar-refractivity contribution in [3.63, 3.8) is 0 Å². The first-order valence-electron chi connectivity index (χ1n) is 5.60. The van der Waals surface area contributed by atoms with E-state index in [1.807, 2.05) is 12.1 Å². The molecular weight excluding hydrogens is 254 g/mol. The fourth-order valence-electron chi connectivity index (χ4n) is 1.37. The summed E-state index contributed by atoms with van der Waals surface area (Å²) in [7, 11) is 0. The third kappa shape index (κ3) is 4.37. The Morgan fingerprint density at radius 1 is 1.28 bits per heavy atom. The molecular formula is C13H16ClNO3. The van der Waals surface area contributed by atoms with Crippen LogP contribution in [0.1, 0.15) is 25.8 Å². The molecule has 0 fully saturated rings. The lowest BCUT2D eigenvalue weighted by Crippen LogP contribution is -2.49. The third-order valence-corrected chi connectivity index (χ3v) is 2.79. The average molecular weight is 270 g/mol. The van der Waals surface area contributed by atoms with Crippen LogP contribution >= 0.6 is 11.6 Å². The SMILES string of the molecule is CC(C)(NC(=O)CCc1ccc(Cl)cc1)C(=O)O. The summed E-state index contributed by atoms with van der Waals surface area (Å²) in [5, 5.41) is 12.0. The molecule has 0 aliphatic carbocycles. The van der Waals surface area contributed by atoms with Gasteiger partial charge < -0.3 is 10.4 Å². The number of benzene rings is 1. The molecule has 0 radical (unpaired) electrons. The minimum atomic E-state index is -1.24. The number of rotatable bonds is 5. The molecule has 0 aromatic heterocycles. The number of carboxylic acid groups (broad SMARTS) is 1. The molecule has 0 heterocycles. The van der Waals surface area contributed by atoms with Crippen LogP contribution in [0.5, 0.6) is 0 Å². The second-order valence-corrected chi connectivity index (χ2v) is 5.04. The van der Waals surface area contributed by atoms with Gasteiger partial charge in [-0.15, -0.1) is 0 Å². The van der Waals surface area contributed by atoms with Crippen LogP contribution in [0.25, 0.3) is 0 Å². The van der Waals surface area contributed by atoms with Crippen LogP contribution in [0, 0.1) is 0 Å². The number of hydrogen-bond acceptors (Lipinski definition) is 2. The lowest BCUT2D eigenvalue weighted by atomic mass is 10.0. The number of carbonyl (C=O) groups is 2. The molecule has 0 unspecified atom stereocenters. The number of halogens is 1. The Balaban J connectivity index is 2.47. The van der Waals surface area contributed by atoms with E-state index in [9.17, 15) is 9.59 Å². The maximum atomic E-state index is 11.6. The summed E-state index contributed by atoms with van der Waals surface area (Å²) >= 11 is 5.75. The van der Waals surface area contributed by atoms with Crippen molar-refractivity contribution in [1.82, 2.24) is 5.32 Å². The van der Waals surface area contributed by atoms with Crippen molar-refractivity contribution in [3.05, 3.63) is 34.9 Å². The van der Waals surface area contributed by atoms with E-state index in [0.717, 1.165) is 5.56 Å². The Morgan fingerprint density at radius 2 is 1.83 bits per heavy atom. The van der Waals surface area contributed by atoms with Gasteiger partial charge in [-0.05, 0) is 38.0 Å². The lowest BCUT2D eigenvalue weighted by molar-refractivity contribution is -0.146. The minimum absolute atomic E-state index is 0.248. The first-order valence-corrected chi connectivity index (χ1v) is 5.98. The molecule has 0 atom stereocenters. The largest absolute Gasteiger partial charge is 0.480 e. The summed E-state index contributed by atoms with van der Waals surface area (Å²) in [6, 6.07) is 7.21. The monoisotopic (exact) mass is 269 g/mol. The van der Waals surface area contributed by atoms with E-state index in [2.05, 4.69) is 5.32 Å². The molecule has 98 valence electrons. The predicted molar refractivity (Wildman–Crippen MR) is 69.6 cm³/mol. The number of nitrogens with one attached hydrogen (secondary N) is 1. The van der Waals surface area contributed by atoms with Crippen molar-refractivity contribution in [2.24, 2.45) is 0 Å². The highest BCUT2D eigenvalue weighted by atomic mass is 35.5. The minimum Gasteiger partial charge on any atom is -0.480 e. The molecule has 0 bridgehead atoms. The van der Waals surface area contributed by atoms with Crippen molar-refractivity contribution in [2.75, 3.05) is 0 Å². The van der Waals surface area contributed by atoms with Crippen LogP contribution < -0.4 is 5.32 Å². The zero-order chi connectivity index (χ0) is 13.8. The molecule has 1 aromatic carbocycles. The van der Waals surface area contributed by atoms with Crippen LogP contribution in [0.4, 0.5) is 0 Å². The molecule has 18 heavy (non-hydrogen) atoms. The van der Waals surface area contributed by atoms with Crippen molar-refractivity contribution < 1.29 is 14.7 Å². The van der Waals surface area contributed by atoms with Gasteiger partial charge in [0.25, 0.3) is 0 Å². The van der Waals surface area contributed by atoms with Crippen molar-refractivity contribution in [2.45, 2.75) is 32.2 Å². The predicted octanol–water partition coefficient (Wildman–Crippen LogP) is 2.25. The first-order chi connectivity index (χ1) is 8.31. The summed E-state index contributed by atoms with van der Waals surface area (Å²) in [4.78, 5) is 22.4. The molecule has 0 spiro atoms. The van der Waals surface area contributed by atoms with Crippen molar-refractivity contribution >= 4 is 23.5 Å². The van der Waals surface area contributed by atoms with E-state index < -0.39 is 11.5 Å². The summed E-state index contributed by atoms with van der Waals surface area (Å²) in [6.45, 7) is 2.91. The molecule has 0 saturated carbocycles. The second kappa shape index (κ2) is 5.87. The standard InChI is InChI=1S/C13H16ClNO3/c1-13(2,12(17)18)15-11(16)8-5-9-3-6-10(14)7-4-9/h3-4,6-7H,5,8H2,1-2H3,(H,15,16)(H,17,18). The molecule has 2 N–H and O–H groups in total. The average Bonchev–Trinajstić information content (AvgIpc) is 2.27. The van der Waals surface area contributed by atoms with Gasteiger partial charge in [-0.2, -0.15) is 0 Å². The van der Waals surface area contributed by atoms with E-state index in [0.29, 0.717) is 11.4 Å². The number of aliphatic carboxylic acids is 1. The molecule has 0 aliphatic rings. The number of carboxylic acids is 1. The Bertz CT molecular complexity index is 440. The summed E-state index contributed by atoms with van der Waals surface area (Å²) < 4.78 is 0. The highest BCUT2D eigenvalue weighted by molar-refractivity contribution is 6.30. The third-order valence-electron chi connectivity index (χ3n) is 2.54. The zero-order valence-corrected chi connectivity index (χ0v) is 11.1. The van der Waals surface area contributed by atoms with E-state index in [1.54, 1.807) is 12.1 Å². The Kier molecular flexibility index (Phi) is 4.73. The fraction of sp³-hybridized carbons (Fsp3) is 0.385. The molecule has 1 amide bonds. The van der Waals surface area contributed by atoms with Crippen LogP contribution in [-0.4, -0.2) is 22.5 Å². The van der Waals surface area contributed by atoms with Crippen LogP contribution in [0.2, 0.25) is 5.02 Å². The number of hydrogen-bond donors (Lipinski definition) is 2. The van der Waals surface area contributed by atoms with Crippen LogP contribution in [0.15, 0.2) is 24.3 Å². The highest BCUT2D eigenvalue weighted by Gasteiger charge is 2.28. The molecule has 4 nitrogen and oxygen atoms in total. The topological polar surface area (TPSA) is 66.4 Å². The van der Waals surface area contributed by atoms with Crippen molar-refractivity contribution in [1.29, 1.82) is 0 Å². The number of aryl methyl sites for hydroxylation is 1. The zero-order valence-electron chi connectivity index (χ0n) is 10.4. The molecule has 1 aromatic rings. The van der Waals surface area contributed by atoms with E-state index in [1.165, 1.54) is 13.8 Å². The van der Waals surface area contributed by atoms with Crippen LogP contribution in [-0.2, 0) is 16.0 Å². The van der Waals surface area contributed by atoms with Gasteiger partial charge in [0.2, 0.25) is 5.91 Å². The maximum Gasteiger partial charge on any atom is 0.328 e. The molecule has 0 saturated heterocycles. The normalized spacial score (nSPS) is 11.1. The summed E-state index contributed by atoms with van der Waals surface area (Å²) in [5.74, 6) is -1.33. The van der Waals surface area contributed by atoms with Gasteiger partial charge in [0.1, 0.15) is 5.54 Å². The lowest BCUT2D eigenvalue weighted by Gasteiger charge is -2.20. The highest BCUT2D eigenvalue weighted by Crippen LogP contribution is 2.11. The van der Waals surface area contributed by atoms with Gasteiger partial charge in [-0.25, -0.2) is 4.79 Å². The number of amides is 1. The summed E-state index contributed by atoms with van der Waals surface area (Å²) in [6.07, 6.45) is 0.803. The Morgan fingerprint density at radius 3 is 2.33 bits per heavy atom. The smallest absolute Gasteiger partial charge is 0.328 e. The van der Waals surface area contributed by atoms with Crippen molar-refractivity contribution in [3.8, 4) is 0 Å². The summed E-state index contributed by atoms with van der Waals surface area (Å²) in [5.41, 5.74) is -0.250. The Hall–Kier alpha value is -1.55. The Labute approximate surface area is 111 Å². The molecule has 1 rings (SSSR count). The quantitative estimate of drug-likeness (QED) is 0.862. The van der Waals surface area contributed by atoms with E-state index >= 15 is 0 Å². The maximum absolute atomic E-state index is 11.6. The van der Waals surface area contributed by atoms with Crippen LogP contribution in [0.3, 0.4) is 0 Å². The second-order valence-electron chi connectivity index (χ2n) is 4.60.